The molecule has 1 aromatic heterocycles. The van der Waals surface area contributed by atoms with Gasteiger partial charge in [0.05, 0.1) is 10.7 Å². The van der Waals surface area contributed by atoms with E-state index in [0.717, 1.165) is 30.2 Å². The molecule has 1 amide bonds. The fourth-order valence-corrected chi connectivity index (χ4v) is 3.43. The second kappa shape index (κ2) is 7.13. The molecule has 2 aromatic rings. The minimum atomic E-state index is -0.0551. The molecule has 0 spiro atoms. The zero-order chi connectivity index (χ0) is 17.3. The maximum atomic E-state index is 12.7. The first-order chi connectivity index (χ1) is 11.5. The number of aromatic nitrogens is 2. The smallest absolute Gasteiger partial charge is 0.273 e. The third kappa shape index (κ3) is 3.43. The van der Waals surface area contributed by atoms with Gasteiger partial charge in [-0.25, -0.2) is 0 Å². The Hall–Kier alpha value is -1.56. The summed E-state index contributed by atoms with van der Waals surface area (Å²) in [5, 5.41) is 5.45. The maximum absolute atomic E-state index is 12.7. The van der Waals surface area contributed by atoms with Crippen LogP contribution in [0.5, 0.6) is 0 Å². The lowest BCUT2D eigenvalue weighted by Crippen LogP contribution is -2.48. The molecule has 1 aliphatic heterocycles. The van der Waals surface area contributed by atoms with Gasteiger partial charge in [-0.2, -0.15) is 5.10 Å². The van der Waals surface area contributed by atoms with E-state index in [-0.39, 0.29) is 5.91 Å². The SMILES string of the molecule is Cc1nn(C)c(C(=O)N2CCN(Cc3ccccc3Cl)CC2)c1Cl. The average molecular weight is 367 g/mol. The van der Waals surface area contributed by atoms with Crippen LogP contribution in [0.15, 0.2) is 24.3 Å². The zero-order valence-electron chi connectivity index (χ0n) is 13.8. The number of amides is 1. The molecular formula is C17H20Cl2N4O. The summed E-state index contributed by atoms with van der Waals surface area (Å²) in [5.41, 5.74) is 2.26. The predicted octanol–water partition coefficient (Wildman–Crippen LogP) is 2.99. The molecule has 1 fully saturated rings. The van der Waals surface area contributed by atoms with Crippen molar-refractivity contribution in [3.8, 4) is 0 Å². The number of hydrogen-bond donors (Lipinski definition) is 0. The van der Waals surface area contributed by atoms with E-state index in [1.165, 1.54) is 0 Å². The number of aryl methyl sites for hydroxylation is 2. The number of halogens is 2. The molecule has 0 bridgehead atoms. The van der Waals surface area contributed by atoms with E-state index in [0.29, 0.717) is 29.5 Å². The number of carbonyl (C=O) groups excluding carboxylic acids is 1. The van der Waals surface area contributed by atoms with Gasteiger partial charge in [-0.3, -0.25) is 14.4 Å². The molecule has 0 aliphatic carbocycles. The predicted molar refractivity (Wildman–Crippen MR) is 95.6 cm³/mol. The van der Waals surface area contributed by atoms with Crippen LogP contribution in [0.25, 0.3) is 0 Å². The van der Waals surface area contributed by atoms with Gasteiger partial charge >= 0.3 is 0 Å². The lowest BCUT2D eigenvalue weighted by Gasteiger charge is -2.34. The van der Waals surface area contributed by atoms with Crippen molar-refractivity contribution >= 4 is 29.1 Å². The molecule has 3 rings (SSSR count). The van der Waals surface area contributed by atoms with Crippen molar-refractivity contribution < 1.29 is 4.79 Å². The fourth-order valence-electron chi connectivity index (χ4n) is 2.99. The summed E-state index contributed by atoms with van der Waals surface area (Å²) in [6, 6.07) is 7.87. The average Bonchev–Trinajstić information content (AvgIpc) is 2.82. The van der Waals surface area contributed by atoms with Gasteiger partial charge in [-0.05, 0) is 18.6 Å². The van der Waals surface area contributed by atoms with Crippen LogP contribution >= 0.6 is 23.2 Å². The molecular weight excluding hydrogens is 347 g/mol. The first-order valence-corrected chi connectivity index (χ1v) is 8.67. The maximum Gasteiger partial charge on any atom is 0.273 e. The van der Waals surface area contributed by atoms with E-state index in [9.17, 15) is 4.79 Å². The van der Waals surface area contributed by atoms with Crippen LogP contribution in [0.1, 0.15) is 21.7 Å². The fraction of sp³-hybridized carbons (Fsp3) is 0.412. The molecule has 7 heteroatoms. The molecule has 0 unspecified atom stereocenters. The summed E-state index contributed by atoms with van der Waals surface area (Å²) in [7, 11) is 1.75. The van der Waals surface area contributed by atoms with Crippen molar-refractivity contribution in [2.24, 2.45) is 7.05 Å². The third-order valence-corrected chi connectivity index (χ3v) is 5.18. The summed E-state index contributed by atoms with van der Waals surface area (Å²) in [6.07, 6.45) is 0. The molecule has 0 atom stereocenters. The normalized spacial score (nSPS) is 15.8. The van der Waals surface area contributed by atoms with E-state index >= 15 is 0 Å². The summed E-state index contributed by atoms with van der Waals surface area (Å²) in [4.78, 5) is 16.9. The Kier molecular flexibility index (Phi) is 5.13. The van der Waals surface area contributed by atoms with Gasteiger partial charge in [0, 0.05) is 44.8 Å². The van der Waals surface area contributed by atoms with Gasteiger partial charge in [0.15, 0.2) is 0 Å². The van der Waals surface area contributed by atoms with E-state index in [4.69, 9.17) is 23.2 Å². The Morgan fingerprint density at radius 1 is 1.17 bits per heavy atom. The van der Waals surface area contributed by atoms with Gasteiger partial charge in [0.25, 0.3) is 5.91 Å². The zero-order valence-corrected chi connectivity index (χ0v) is 15.3. The Morgan fingerprint density at radius 3 is 2.42 bits per heavy atom. The highest BCUT2D eigenvalue weighted by Gasteiger charge is 2.27. The molecule has 1 saturated heterocycles. The highest BCUT2D eigenvalue weighted by molar-refractivity contribution is 6.34. The monoisotopic (exact) mass is 366 g/mol. The molecule has 0 radical (unpaired) electrons. The van der Waals surface area contributed by atoms with Crippen LogP contribution in [-0.4, -0.2) is 51.7 Å². The standard InChI is InChI=1S/C17H20Cl2N4O/c1-12-15(19)16(21(2)20-12)17(24)23-9-7-22(8-10-23)11-13-5-3-4-6-14(13)18/h3-6H,7-11H2,1-2H3. The number of piperazine rings is 1. The second-order valence-corrected chi connectivity index (χ2v) is 6.82. The van der Waals surface area contributed by atoms with E-state index in [1.807, 2.05) is 29.2 Å². The van der Waals surface area contributed by atoms with Gasteiger partial charge < -0.3 is 4.90 Å². The summed E-state index contributed by atoms with van der Waals surface area (Å²) < 4.78 is 1.57. The molecule has 1 aliphatic rings. The molecule has 2 heterocycles. The largest absolute Gasteiger partial charge is 0.335 e. The van der Waals surface area contributed by atoms with Crippen LogP contribution in [0, 0.1) is 6.92 Å². The van der Waals surface area contributed by atoms with Crippen molar-refractivity contribution in [3.63, 3.8) is 0 Å². The van der Waals surface area contributed by atoms with Crippen LogP contribution in [0.4, 0.5) is 0 Å². The molecule has 0 saturated carbocycles. The van der Waals surface area contributed by atoms with Gasteiger partial charge in [0.1, 0.15) is 5.69 Å². The lowest BCUT2D eigenvalue weighted by molar-refractivity contribution is 0.0618. The number of nitrogens with zero attached hydrogens (tertiary/aromatic N) is 4. The van der Waals surface area contributed by atoms with Crippen LogP contribution in [0.3, 0.4) is 0 Å². The minimum Gasteiger partial charge on any atom is -0.335 e. The molecule has 5 nitrogen and oxygen atoms in total. The van der Waals surface area contributed by atoms with Crippen LogP contribution in [0.2, 0.25) is 10.0 Å². The minimum absolute atomic E-state index is 0.0551. The first-order valence-electron chi connectivity index (χ1n) is 7.91. The second-order valence-electron chi connectivity index (χ2n) is 6.03. The number of hydrogen-bond acceptors (Lipinski definition) is 3. The van der Waals surface area contributed by atoms with Crippen molar-refractivity contribution in [2.45, 2.75) is 13.5 Å². The molecule has 24 heavy (non-hydrogen) atoms. The molecule has 0 N–H and O–H groups in total. The lowest BCUT2D eigenvalue weighted by atomic mass is 10.2. The van der Waals surface area contributed by atoms with Gasteiger partial charge in [-0.1, -0.05) is 41.4 Å². The molecule has 128 valence electrons. The number of benzene rings is 1. The Balaban J connectivity index is 1.63. The Bertz CT molecular complexity index is 751. The first kappa shape index (κ1) is 17.3. The van der Waals surface area contributed by atoms with Crippen molar-refractivity contribution in [2.75, 3.05) is 26.2 Å². The van der Waals surface area contributed by atoms with Crippen molar-refractivity contribution in [3.05, 3.63) is 51.3 Å². The topological polar surface area (TPSA) is 41.4 Å². The van der Waals surface area contributed by atoms with E-state index < -0.39 is 0 Å². The third-order valence-electron chi connectivity index (χ3n) is 4.36. The van der Waals surface area contributed by atoms with Crippen LogP contribution in [-0.2, 0) is 13.6 Å². The van der Waals surface area contributed by atoms with Crippen molar-refractivity contribution in [1.82, 2.24) is 19.6 Å². The highest BCUT2D eigenvalue weighted by Crippen LogP contribution is 2.22. The van der Waals surface area contributed by atoms with Gasteiger partial charge in [0.2, 0.25) is 0 Å². The number of carbonyl (C=O) groups is 1. The summed E-state index contributed by atoms with van der Waals surface area (Å²) in [6.45, 7) is 5.57. The summed E-state index contributed by atoms with van der Waals surface area (Å²) >= 11 is 12.4. The highest BCUT2D eigenvalue weighted by atomic mass is 35.5. The summed E-state index contributed by atoms with van der Waals surface area (Å²) in [5.74, 6) is -0.0551. The Morgan fingerprint density at radius 2 is 1.83 bits per heavy atom. The Labute approximate surface area is 151 Å². The van der Waals surface area contributed by atoms with E-state index in [1.54, 1.807) is 18.7 Å². The number of rotatable bonds is 3. The van der Waals surface area contributed by atoms with Crippen LogP contribution < -0.4 is 0 Å². The quantitative estimate of drug-likeness (QED) is 0.838. The van der Waals surface area contributed by atoms with E-state index in [2.05, 4.69) is 10.00 Å². The van der Waals surface area contributed by atoms with Crippen molar-refractivity contribution in [1.29, 1.82) is 0 Å². The van der Waals surface area contributed by atoms with Gasteiger partial charge in [-0.15, -0.1) is 0 Å². The molecule has 1 aromatic carbocycles.